The minimum Gasteiger partial charge on any atom is -0.328 e. The smallest absolute Gasteiger partial charge is 0.226 e. The summed E-state index contributed by atoms with van der Waals surface area (Å²) >= 11 is 0. The lowest BCUT2D eigenvalue weighted by Gasteiger charge is -2.18. The number of benzene rings is 1. The highest BCUT2D eigenvalue weighted by Gasteiger charge is 2.11. The van der Waals surface area contributed by atoms with Gasteiger partial charge in [0, 0.05) is 25.2 Å². The van der Waals surface area contributed by atoms with Crippen LogP contribution in [0.5, 0.6) is 0 Å². The summed E-state index contributed by atoms with van der Waals surface area (Å²) in [5.74, 6) is 0.0115. The van der Waals surface area contributed by atoms with Crippen LogP contribution in [0.25, 0.3) is 0 Å². The van der Waals surface area contributed by atoms with E-state index in [-0.39, 0.29) is 11.9 Å². The average Bonchev–Trinajstić information content (AvgIpc) is 2.35. The highest BCUT2D eigenvalue weighted by molar-refractivity contribution is 5.92. The van der Waals surface area contributed by atoms with Gasteiger partial charge in [-0.2, -0.15) is 5.26 Å². The molecule has 0 bridgehead atoms. The molecule has 1 aromatic rings. The van der Waals surface area contributed by atoms with Gasteiger partial charge in [-0.15, -0.1) is 0 Å². The standard InChI is InChI=1S/C13H17N3O/c1-10(15)6-7-13(17)16(2)12-5-3-4-11(8-12)9-14/h3-5,8,10H,6-7,15H2,1-2H3. The maximum Gasteiger partial charge on any atom is 0.226 e. The van der Waals surface area contributed by atoms with Gasteiger partial charge in [-0.3, -0.25) is 4.79 Å². The van der Waals surface area contributed by atoms with Crippen molar-refractivity contribution in [3.05, 3.63) is 29.8 Å². The molecular weight excluding hydrogens is 214 g/mol. The zero-order valence-electron chi connectivity index (χ0n) is 10.2. The fraction of sp³-hybridized carbons (Fsp3) is 0.385. The van der Waals surface area contributed by atoms with E-state index >= 15 is 0 Å². The van der Waals surface area contributed by atoms with Crippen LogP contribution in [0.15, 0.2) is 24.3 Å². The number of nitrogens with zero attached hydrogens (tertiary/aromatic N) is 2. The van der Waals surface area contributed by atoms with E-state index in [9.17, 15) is 4.79 Å². The Labute approximate surface area is 102 Å². The van der Waals surface area contributed by atoms with E-state index in [2.05, 4.69) is 6.07 Å². The van der Waals surface area contributed by atoms with Crippen LogP contribution in [0.4, 0.5) is 5.69 Å². The van der Waals surface area contributed by atoms with Gasteiger partial charge in [0.15, 0.2) is 0 Å². The summed E-state index contributed by atoms with van der Waals surface area (Å²) in [6.45, 7) is 1.88. The number of amides is 1. The number of nitrogens with two attached hydrogens (primary N) is 1. The normalized spacial score (nSPS) is 11.6. The second kappa shape index (κ2) is 6.02. The lowest BCUT2D eigenvalue weighted by Crippen LogP contribution is -2.28. The summed E-state index contributed by atoms with van der Waals surface area (Å²) in [5, 5.41) is 8.79. The molecule has 0 spiro atoms. The zero-order chi connectivity index (χ0) is 12.8. The third kappa shape index (κ3) is 3.89. The molecule has 0 radical (unpaired) electrons. The molecule has 1 aromatic carbocycles. The average molecular weight is 231 g/mol. The Morgan fingerprint density at radius 2 is 2.29 bits per heavy atom. The lowest BCUT2D eigenvalue weighted by molar-refractivity contribution is -0.118. The first-order valence-corrected chi connectivity index (χ1v) is 5.57. The van der Waals surface area contributed by atoms with Gasteiger partial charge in [-0.25, -0.2) is 0 Å². The number of carbonyl (C=O) groups is 1. The van der Waals surface area contributed by atoms with E-state index in [4.69, 9.17) is 11.0 Å². The minimum absolute atomic E-state index is 0.0115. The van der Waals surface area contributed by atoms with Gasteiger partial charge in [0.2, 0.25) is 5.91 Å². The molecule has 4 nitrogen and oxygen atoms in total. The second-order valence-electron chi connectivity index (χ2n) is 4.13. The molecule has 0 heterocycles. The molecule has 0 saturated heterocycles. The van der Waals surface area contributed by atoms with Gasteiger partial charge in [-0.05, 0) is 31.5 Å². The molecule has 17 heavy (non-hydrogen) atoms. The highest BCUT2D eigenvalue weighted by Crippen LogP contribution is 2.15. The molecule has 0 aliphatic rings. The van der Waals surface area contributed by atoms with E-state index in [0.717, 1.165) is 5.69 Å². The molecule has 0 saturated carbocycles. The lowest BCUT2D eigenvalue weighted by atomic mass is 10.1. The van der Waals surface area contributed by atoms with Crippen molar-refractivity contribution in [2.75, 3.05) is 11.9 Å². The Kier molecular flexibility index (Phi) is 4.68. The molecule has 0 aromatic heterocycles. The largest absolute Gasteiger partial charge is 0.328 e. The van der Waals surface area contributed by atoms with E-state index in [1.54, 1.807) is 30.1 Å². The van der Waals surface area contributed by atoms with Gasteiger partial charge in [0.1, 0.15) is 0 Å². The van der Waals surface area contributed by atoms with Crippen LogP contribution in [0.1, 0.15) is 25.3 Å². The predicted octanol–water partition coefficient (Wildman–Crippen LogP) is 1.65. The van der Waals surface area contributed by atoms with E-state index < -0.39 is 0 Å². The van der Waals surface area contributed by atoms with Crippen molar-refractivity contribution in [3.63, 3.8) is 0 Å². The zero-order valence-corrected chi connectivity index (χ0v) is 10.2. The van der Waals surface area contributed by atoms with E-state index in [0.29, 0.717) is 18.4 Å². The van der Waals surface area contributed by atoms with Crippen LogP contribution >= 0.6 is 0 Å². The molecule has 90 valence electrons. The summed E-state index contributed by atoms with van der Waals surface area (Å²) in [7, 11) is 1.71. The molecule has 1 unspecified atom stereocenters. The summed E-state index contributed by atoms with van der Waals surface area (Å²) in [6, 6.07) is 9.07. The van der Waals surface area contributed by atoms with Gasteiger partial charge in [0.25, 0.3) is 0 Å². The molecule has 0 aliphatic heterocycles. The monoisotopic (exact) mass is 231 g/mol. The summed E-state index contributed by atoms with van der Waals surface area (Å²) in [5.41, 5.74) is 6.90. The fourth-order valence-electron chi connectivity index (χ4n) is 1.45. The Bertz CT molecular complexity index is 435. The summed E-state index contributed by atoms with van der Waals surface area (Å²) in [4.78, 5) is 13.4. The molecule has 2 N–H and O–H groups in total. The maximum absolute atomic E-state index is 11.8. The Morgan fingerprint density at radius 1 is 1.59 bits per heavy atom. The molecule has 1 atom stereocenters. The number of hydrogen-bond donors (Lipinski definition) is 1. The topological polar surface area (TPSA) is 70.1 Å². The van der Waals surface area contributed by atoms with E-state index in [1.807, 2.05) is 13.0 Å². The van der Waals surface area contributed by atoms with Crippen LogP contribution in [0, 0.1) is 11.3 Å². The van der Waals surface area contributed by atoms with Crippen LogP contribution in [0.2, 0.25) is 0 Å². The molecule has 0 aliphatic carbocycles. The third-order valence-corrected chi connectivity index (χ3v) is 2.55. The summed E-state index contributed by atoms with van der Waals surface area (Å²) < 4.78 is 0. The maximum atomic E-state index is 11.8. The number of hydrogen-bond acceptors (Lipinski definition) is 3. The van der Waals surface area contributed by atoms with Crippen molar-refractivity contribution < 1.29 is 4.79 Å². The van der Waals surface area contributed by atoms with Crippen LogP contribution in [-0.2, 0) is 4.79 Å². The molecule has 4 heteroatoms. The number of nitriles is 1. The van der Waals surface area contributed by atoms with Gasteiger partial charge < -0.3 is 10.6 Å². The Morgan fingerprint density at radius 3 is 2.88 bits per heavy atom. The van der Waals surface area contributed by atoms with Crippen molar-refractivity contribution in [2.45, 2.75) is 25.8 Å². The minimum atomic E-state index is 0.0115. The van der Waals surface area contributed by atoms with Crippen LogP contribution in [-0.4, -0.2) is 19.0 Å². The SMILES string of the molecule is CC(N)CCC(=O)N(C)c1cccc(C#N)c1. The van der Waals surface area contributed by atoms with Crippen LogP contribution in [0.3, 0.4) is 0 Å². The number of anilines is 1. The first kappa shape index (κ1) is 13.2. The predicted molar refractivity (Wildman–Crippen MR) is 67.5 cm³/mol. The first-order chi connectivity index (χ1) is 8.04. The van der Waals surface area contributed by atoms with E-state index in [1.165, 1.54) is 0 Å². The quantitative estimate of drug-likeness (QED) is 0.856. The Balaban J connectivity index is 2.71. The molecule has 1 amide bonds. The van der Waals surface area contributed by atoms with Crippen molar-refractivity contribution >= 4 is 11.6 Å². The Hall–Kier alpha value is -1.86. The molecule has 0 fully saturated rings. The van der Waals surface area contributed by atoms with Crippen molar-refractivity contribution in [1.82, 2.24) is 0 Å². The van der Waals surface area contributed by atoms with Crippen LogP contribution < -0.4 is 10.6 Å². The summed E-state index contributed by atoms with van der Waals surface area (Å²) in [6.07, 6.45) is 1.09. The fourth-order valence-corrected chi connectivity index (χ4v) is 1.45. The van der Waals surface area contributed by atoms with Gasteiger partial charge in [0.05, 0.1) is 11.6 Å². The first-order valence-electron chi connectivity index (χ1n) is 5.57. The van der Waals surface area contributed by atoms with Crippen molar-refractivity contribution in [3.8, 4) is 6.07 Å². The van der Waals surface area contributed by atoms with Gasteiger partial charge in [-0.1, -0.05) is 6.07 Å². The number of rotatable bonds is 4. The highest BCUT2D eigenvalue weighted by atomic mass is 16.2. The third-order valence-electron chi connectivity index (χ3n) is 2.55. The van der Waals surface area contributed by atoms with Gasteiger partial charge >= 0.3 is 0 Å². The molecule has 1 rings (SSSR count). The number of carbonyl (C=O) groups excluding carboxylic acids is 1. The van der Waals surface area contributed by atoms with Crippen molar-refractivity contribution in [2.24, 2.45) is 5.73 Å². The molecular formula is C13H17N3O. The van der Waals surface area contributed by atoms with Crippen molar-refractivity contribution in [1.29, 1.82) is 5.26 Å². The second-order valence-corrected chi connectivity index (χ2v) is 4.13.